The summed E-state index contributed by atoms with van der Waals surface area (Å²) in [6, 6.07) is 73.6. The Hall–Kier alpha value is -6.96. The maximum Gasteiger partial charge on any atom is 0.0468 e. The molecule has 1 nitrogen and oxygen atoms in total. The number of hydrogen-bond donors (Lipinski definition) is 0. The molecule has 0 amide bonds. The highest BCUT2D eigenvalue weighted by Crippen LogP contribution is 2.50. The molecule has 0 aliphatic heterocycles. The van der Waals surface area contributed by atoms with E-state index in [9.17, 15) is 0 Å². The van der Waals surface area contributed by atoms with Crippen molar-refractivity contribution in [1.82, 2.24) is 0 Å². The molecule has 0 unspecified atom stereocenters. The van der Waals surface area contributed by atoms with Gasteiger partial charge in [0.15, 0.2) is 0 Å². The lowest BCUT2D eigenvalue weighted by Gasteiger charge is -2.27. The van der Waals surface area contributed by atoms with Crippen molar-refractivity contribution in [2.24, 2.45) is 0 Å². The van der Waals surface area contributed by atoms with Crippen molar-refractivity contribution in [2.75, 3.05) is 4.90 Å². The highest BCUT2D eigenvalue weighted by molar-refractivity contribution is 6.16. The SMILES string of the molecule is c1cc(-c2ccc3ccc4ccccc4c3c2)cc(N(c2ccc(-c3cccc4ccccc34)cc2)c2ccc3c(c2)-c2cccc4cccc-3c24)c1. The number of fused-ring (bicyclic) bond motifs is 7. The Morgan fingerprint density at radius 1 is 0.245 bits per heavy atom. The molecule has 0 N–H and O–H groups in total. The van der Waals surface area contributed by atoms with Gasteiger partial charge in [0, 0.05) is 17.1 Å². The first-order valence-electron chi connectivity index (χ1n) is 18.3. The zero-order valence-electron chi connectivity index (χ0n) is 29.0. The molecule has 10 aromatic carbocycles. The lowest BCUT2D eigenvalue weighted by Crippen LogP contribution is -2.10. The van der Waals surface area contributed by atoms with E-state index in [-0.39, 0.29) is 0 Å². The third-order valence-corrected chi connectivity index (χ3v) is 11.2. The molecule has 53 heavy (non-hydrogen) atoms. The second kappa shape index (κ2) is 11.8. The Morgan fingerprint density at radius 2 is 0.792 bits per heavy atom. The van der Waals surface area contributed by atoms with Crippen molar-refractivity contribution in [3.8, 4) is 44.5 Å². The van der Waals surface area contributed by atoms with E-state index in [2.05, 4.69) is 205 Å². The summed E-state index contributed by atoms with van der Waals surface area (Å²) in [6.45, 7) is 0. The molecular weight excluding hydrogens is 639 g/mol. The third kappa shape index (κ3) is 4.79. The van der Waals surface area contributed by atoms with Gasteiger partial charge in [-0.15, -0.1) is 0 Å². The minimum atomic E-state index is 1.12. The van der Waals surface area contributed by atoms with Crippen LogP contribution < -0.4 is 4.90 Å². The van der Waals surface area contributed by atoms with Gasteiger partial charge in [0.25, 0.3) is 0 Å². The molecule has 1 aliphatic carbocycles. The van der Waals surface area contributed by atoms with Gasteiger partial charge in [-0.2, -0.15) is 0 Å². The largest absolute Gasteiger partial charge is 0.310 e. The molecule has 0 saturated carbocycles. The smallest absolute Gasteiger partial charge is 0.0468 e. The van der Waals surface area contributed by atoms with E-state index in [0.29, 0.717) is 0 Å². The predicted octanol–water partition coefficient (Wildman–Crippen LogP) is 14.8. The zero-order valence-corrected chi connectivity index (χ0v) is 29.0. The number of rotatable bonds is 5. The first-order chi connectivity index (χ1) is 26.3. The van der Waals surface area contributed by atoms with E-state index in [1.807, 2.05) is 0 Å². The first-order valence-corrected chi connectivity index (χ1v) is 18.3. The Bertz CT molecular complexity index is 3050. The van der Waals surface area contributed by atoms with Gasteiger partial charge in [-0.25, -0.2) is 0 Å². The summed E-state index contributed by atoms with van der Waals surface area (Å²) in [7, 11) is 0. The minimum Gasteiger partial charge on any atom is -0.310 e. The molecule has 11 rings (SSSR count). The van der Waals surface area contributed by atoms with Gasteiger partial charge in [-0.3, -0.25) is 0 Å². The standard InChI is InChI=1S/C52H33N/c1-3-16-44-34(9-1)11-6-18-45(44)36-25-27-41(28-26-36)53(43-29-30-47-48-19-7-12-38-13-8-20-49(52(38)48)51(47)33-43)42-15-5-14-39(31-42)40-24-23-37-22-21-35-10-2-4-17-46(35)50(37)32-40/h1-33H. The first kappa shape index (κ1) is 29.7. The van der Waals surface area contributed by atoms with Gasteiger partial charge < -0.3 is 4.90 Å². The van der Waals surface area contributed by atoms with Gasteiger partial charge in [-0.05, 0) is 130 Å². The topological polar surface area (TPSA) is 3.24 Å². The molecule has 0 heterocycles. The van der Waals surface area contributed by atoms with Crippen molar-refractivity contribution in [1.29, 1.82) is 0 Å². The van der Waals surface area contributed by atoms with E-state index in [4.69, 9.17) is 0 Å². The van der Waals surface area contributed by atoms with Crippen LogP contribution in [-0.4, -0.2) is 0 Å². The Morgan fingerprint density at radius 3 is 1.60 bits per heavy atom. The Labute approximate surface area is 308 Å². The molecule has 10 aromatic rings. The lowest BCUT2D eigenvalue weighted by molar-refractivity contribution is 1.28. The molecule has 0 aromatic heterocycles. The van der Waals surface area contributed by atoms with Crippen LogP contribution in [0.25, 0.3) is 87.6 Å². The highest BCUT2D eigenvalue weighted by atomic mass is 15.1. The Kier molecular flexibility index (Phi) is 6.62. The van der Waals surface area contributed by atoms with Crippen LogP contribution in [0.5, 0.6) is 0 Å². The van der Waals surface area contributed by atoms with Crippen LogP contribution in [0, 0.1) is 0 Å². The molecule has 1 aliphatic rings. The predicted molar refractivity (Wildman–Crippen MR) is 226 cm³/mol. The molecule has 1 heteroatoms. The van der Waals surface area contributed by atoms with Crippen molar-refractivity contribution < 1.29 is 0 Å². The van der Waals surface area contributed by atoms with Crippen molar-refractivity contribution >= 4 is 60.2 Å². The molecule has 0 radical (unpaired) electrons. The minimum absolute atomic E-state index is 1.12. The van der Waals surface area contributed by atoms with E-state index in [1.54, 1.807) is 0 Å². The van der Waals surface area contributed by atoms with Crippen molar-refractivity contribution in [2.45, 2.75) is 0 Å². The second-order valence-corrected chi connectivity index (χ2v) is 14.1. The van der Waals surface area contributed by atoms with Gasteiger partial charge in [0.1, 0.15) is 0 Å². The summed E-state index contributed by atoms with van der Waals surface area (Å²) in [5.74, 6) is 0. The number of anilines is 3. The molecule has 0 fully saturated rings. The van der Waals surface area contributed by atoms with Crippen LogP contribution in [0.1, 0.15) is 0 Å². The highest BCUT2D eigenvalue weighted by Gasteiger charge is 2.23. The van der Waals surface area contributed by atoms with Crippen LogP contribution in [0.4, 0.5) is 17.1 Å². The normalized spacial score (nSPS) is 11.8. The number of benzene rings is 10. The van der Waals surface area contributed by atoms with Gasteiger partial charge in [0.05, 0.1) is 0 Å². The summed E-state index contributed by atoms with van der Waals surface area (Å²) in [4.78, 5) is 2.41. The van der Waals surface area contributed by atoms with E-state index in [1.165, 1.54) is 87.6 Å². The second-order valence-electron chi connectivity index (χ2n) is 14.1. The van der Waals surface area contributed by atoms with Gasteiger partial charge in [-0.1, -0.05) is 158 Å². The fourth-order valence-electron chi connectivity index (χ4n) is 8.64. The monoisotopic (exact) mass is 671 g/mol. The van der Waals surface area contributed by atoms with Gasteiger partial charge >= 0.3 is 0 Å². The van der Waals surface area contributed by atoms with Crippen LogP contribution >= 0.6 is 0 Å². The maximum absolute atomic E-state index is 2.41. The van der Waals surface area contributed by atoms with Crippen molar-refractivity contribution in [3.05, 3.63) is 200 Å². The molecule has 246 valence electrons. The van der Waals surface area contributed by atoms with Gasteiger partial charge in [0.2, 0.25) is 0 Å². The van der Waals surface area contributed by atoms with Crippen molar-refractivity contribution in [3.63, 3.8) is 0 Å². The molecule has 0 bridgehead atoms. The third-order valence-electron chi connectivity index (χ3n) is 11.2. The zero-order chi connectivity index (χ0) is 34.9. The quantitative estimate of drug-likeness (QED) is 0.165. The fraction of sp³-hybridized carbons (Fsp3) is 0. The lowest BCUT2D eigenvalue weighted by atomic mass is 9.96. The Balaban J connectivity index is 1.07. The van der Waals surface area contributed by atoms with Crippen LogP contribution in [-0.2, 0) is 0 Å². The summed E-state index contributed by atoms with van der Waals surface area (Å²) >= 11 is 0. The number of hydrogen-bond acceptors (Lipinski definition) is 1. The maximum atomic E-state index is 2.41. The number of nitrogens with zero attached hydrogens (tertiary/aromatic N) is 1. The summed E-state index contributed by atoms with van der Waals surface area (Å²) in [6.07, 6.45) is 0. The van der Waals surface area contributed by atoms with E-state index < -0.39 is 0 Å². The van der Waals surface area contributed by atoms with E-state index >= 15 is 0 Å². The van der Waals surface area contributed by atoms with Crippen LogP contribution in [0.15, 0.2) is 200 Å². The average molecular weight is 672 g/mol. The molecule has 0 spiro atoms. The summed E-state index contributed by atoms with van der Waals surface area (Å²) in [5, 5.41) is 10.2. The molecular formula is C52H33N. The van der Waals surface area contributed by atoms with E-state index in [0.717, 1.165) is 17.1 Å². The molecule has 0 saturated heterocycles. The van der Waals surface area contributed by atoms with Crippen LogP contribution in [0.2, 0.25) is 0 Å². The average Bonchev–Trinajstić information content (AvgIpc) is 3.55. The summed E-state index contributed by atoms with van der Waals surface area (Å²) < 4.78 is 0. The summed E-state index contributed by atoms with van der Waals surface area (Å²) in [5.41, 5.74) is 13.4. The fourth-order valence-corrected chi connectivity index (χ4v) is 8.64. The van der Waals surface area contributed by atoms with Crippen LogP contribution in [0.3, 0.4) is 0 Å². The molecule has 0 atom stereocenters.